The summed E-state index contributed by atoms with van der Waals surface area (Å²) in [5.74, 6) is 0.758. The molecular weight excluding hydrogens is 683 g/mol. The number of rotatable bonds is 3. The summed E-state index contributed by atoms with van der Waals surface area (Å²) < 4.78 is 4.82. The Balaban J connectivity index is 1.09. The van der Waals surface area contributed by atoms with Crippen LogP contribution in [0.25, 0.3) is 103 Å². The molecule has 0 fully saturated rings. The minimum absolute atomic E-state index is 0.758. The van der Waals surface area contributed by atoms with E-state index in [4.69, 9.17) is 9.97 Å². The minimum atomic E-state index is 0.758. The molecule has 0 amide bonds. The van der Waals surface area contributed by atoms with Gasteiger partial charge in [0.25, 0.3) is 0 Å². The van der Waals surface area contributed by atoms with E-state index in [0.717, 1.165) is 32.9 Å². The van der Waals surface area contributed by atoms with E-state index in [1.807, 2.05) is 11.8 Å². The van der Waals surface area contributed by atoms with Crippen molar-refractivity contribution in [2.75, 3.05) is 0 Å². The molecule has 3 aromatic heterocycles. The van der Waals surface area contributed by atoms with Crippen LogP contribution in [0.2, 0.25) is 0 Å². The molecule has 0 saturated heterocycles. The monoisotopic (exact) mass is 709 g/mol. The summed E-state index contributed by atoms with van der Waals surface area (Å²) in [6.45, 7) is 0. The summed E-state index contributed by atoms with van der Waals surface area (Å²) in [6.07, 6.45) is 0. The second-order valence-electron chi connectivity index (χ2n) is 13.7. The van der Waals surface area contributed by atoms with Crippen molar-refractivity contribution in [3.05, 3.63) is 164 Å². The maximum absolute atomic E-state index is 5.36. The standard InChI is InChI=1S/C48H27N3S2/c1-2-12-28(13-3-1)44-47-45(35-17-7-9-23-41(35)52-47)50-48(49-44)36-21-11-19-33-32-18-10-20-34-39(24-25-42(43(32)34)53-46(33)36)51-38-22-8-6-16-31(38)37-26-29-14-4-5-15-30(29)27-40(37)51/h1-27H. The van der Waals surface area contributed by atoms with Crippen LogP contribution in [0.15, 0.2) is 174 Å². The fraction of sp³-hybridized carbons (Fsp3) is 0. The largest absolute Gasteiger partial charge is 0.309 e. The fourth-order valence-electron chi connectivity index (χ4n) is 8.43. The van der Waals surface area contributed by atoms with Gasteiger partial charge in [0.2, 0.25) is 0 Å². The second kappa shape index (κ2) is 11.1. The van der Waals surface area contributed by atoms with Gasteiger partial charge in [-0.2, -0.15) is 0 Å². The molecule has 0 bridgehead atoms. The first-order valence-corrected chi connectivity index (χ1v) is 19.5. The van der Waals surface area contributed by atoms with Gasteiger partial charge in [0, 0.05) is 52.5 Å². The first-order chi connectivity index (χ1) is 26.3. The van der Waals surface area contributed by atoms with Crippen molar-refractivity contribution in [1.29, 1.82) is 0 Å². The molecule has 5 heteroatoms. The highest BCUT2D eigenvalue weighted by molar-refractivity contribution is 8.00. The second-order valence-corrected chi connectivity index (χ2v) is 15.8. The van der Waals surface area contributed by atoms with E-state index in [9.17, 15) is 0 Å². The van der Waals surface area contributed by atoms with Crippen molar-refractivity contribution in [3.63, 3.8) is 0 Å². The van der Waals surface area contributed by atoms with E-state index in [1.165, 1.54) is 80.0 Å². The van der Waals surface area contributed by atoms with Crippen molar-refractivity contribution < 1.29 is 0 Å². The zero-order chi connectivity index (χ0) is 34.6. The zero-order valence-electron chi connectivity index (χ0n) is 28.2. The van der Waals surface area contributed by atoms with Crippen LogP contribution in [0, 0.1) is 0 Å². The Kier molecular flexibility index (Phi) is 6.15. The molecule has 11 aromatic rings. The van der Waals surface area contributed by atoms with E-state index < -0.39 is 0 Å². The van der Waals surface area contributed by atoms with E-state index in [1.54, 1.807) is 11.3 Å². The Hall–Kier alpha value is -6.27. The van der Waals surface area contributed by atoms with Gasteiger partial charge in [0.1, 0.15) is 0 Å². The lowest BCUT2D eigenvalue weighted by Gasteiger charge is -2.24. The van der Waals surface area contributed by atoms with Crippen molar-refractivity contribution >= 4 is 86.8 Å². The maximum Gasteiger partial charge on any atom is 0.161 e. The van der Waals surface area contributed by atoms with Gasteiger partial charge in [-0.1, -0.05) is 133 Å². The third kappa shape index (κ3) is 4.23. The number of hydrogen-bond acceptors (Lipinski definition) is 4. The first-order valence-electron chi connectivity index (χ1n) is 17.8. The molecule has 0 unspecified atom stereocenters. The van der Waals surface area contributed by atoms with Crippen LogP contribution < -0.4 is 0 Å². The van der Waals surface area contributed by atoms with Crippen molar-refractivity contribution in [3.8, 4) is 39.5 Å². The number of nitrogens with zero attached hydrogens (tertiary/aromatic N) is 3. The number of hydrogen-bond donors (Lipinski definition) is 0. The molecule has 0 radical (unpaired) electrons. The Morgan fingerprint density at radius 3 is 2.11 bits per heavy atom. The van der Waals surface area contributed by atoms with E-state index >= 15 is 0 Å². The van der Waals surface area contributed by atoms with Gasteiger partial charge in [0.15, 0.2) is 5.82 Å². The summed E-state index contributed by atoms with van der Waals surface area (Å²) in [7, 11) is 0. The molecule has 0 saturated carbocycles. The molecule has 0 aliphatic carbocycles. The molecule has 8 aromatic carbocycles. The van der Waals surface area contributed by atoms with Crippen LogP contribution in [0.4, 0.5) is 0 Å². The van der Waals surface area contributed by atoms with Crippen molar-refractivity contribution in [1.82, 2.24) is 14.5 Å². The number of fused-ring (bicyclic) bond motifs is 9. The average Bonchev–Trinajstić information content (AvgIpc) is 3.75. The summed E-state index contributed by atoms with van der Waals surface area (Å²) in [5.41, 5.74) is 10.2. The smallest absolute Gasteiger partial charge is 0.161 e. The maximum atomic E-state index is 5.36. The van der Waals surface area contributed by atoms with Gasteiger partial charge >= 0.3 is 0 Å². The van der Waals surface area contributed by atoms with Crippen LogP contribution in [0.5, 0.6) is 0 Å². The van der Waals surface area contributed by atoms with E-state index in [0.29, 0.717) is 0 Å². The molecule has 1 aliphatic rings. The van der Waals surface area contributed by atoms with Crippen LogP contribution >= 0.6 is 23.1 Å². The fourth-order valence-corrected chi connectivity index (χ4v) is 10.8. The van der Waals surface area contributed by atoms with E-state index in [-0.39, 0.29) is 0 Å². The van der Waals surface area contributed by atoms with Gasteiger partial charge < -0.3 is 4.57 Å². The molecule has 0 atom stereocenters. The number of thiophene rings is 1. The lowest BCUT2D eigenvalue weighted by Crippen LogP contribution is -2.01. The molecule has 0 spiro atoms. The lowest BCUT2D eigenvalue weighted by molar-refractivity contribution is 1.19. The molecule has 53 heavy (non-hydrogen) atoms. The molecule has 12 rings (SSSR count). The number of para-hydroxylation sites is 1. The predicted octanol–water partition coefficient (Wildman–Crippen LogP) is 13.7. The van der Waals surface area contributed by atoms with Crippen LogP contribution in [0.3, 0.4) is 0 Å². The normalized spacial score (nSPS) is 12.5. The predicted molar refractivity (Wildman–Crippen MR) is 225 cm³/mol. The third-order valence-corrected chi connectivity index (χ3v) is 13.2. The van der Waals surface area contributed by atoms with Gasteiger partial charge in [-0.3, -0.25) is 0 Å². The first kappa shape index (κ1) is 29.3. The molecule has 246 valence electrons. The molecule has 0 N–H and O–H groups in total. The molecular formula is C48H27N3S2. The highest BCUT2D eigenvalue weighted by Crippen LogP contribution is 2.53. The number of aromatic nitrogens is 3. The summed E-state index contributed by atoms with van der Waals surface area (Å²) in [5, 5.41) is 8.75. The molecule has 1 aliphatic heterocycles. The van der Waals surface area contributed by atoms with Crippen LogP contribution in [-0.4, -0.2) is 14.5 Å². The van der Waals surface area contributed by atoms with Crippen molar-refractivity contribution in [2.24, 2.45) is 0 Å². The number of benzene rings is 8. The van der Waals surface area contributed by atoms with Gasteiger partial charge in [-0.15, -0.1) is 11.3 Å². The lowest BCUT2D eigenvalue weighted by atomic mass is 9.95. The van der Waals surface area contributed by atoms with Gasteiger partial charge in [0.05, 0.1) is 32.6 Å². The summed E-state index contributed by atoms with van der Waals surface area (Å²) >= 11 is 3.61. The minimum Gasteiger partial charge on any atom is -0.309 e. The Labute approximate surface area is 312 Å². The van der Waals surface area contributed by atoms with Gasteiger partial charge in [-0.25, -0.2) is 9.97 Å². The Morgan fingerprint density at radius 2 is 1.21 bits per heavy atom. The zero-order valence-corrected chi connectivity index (χ0v) is 29.9. The van der Waals surface area contributed by atoms with Crippen LogP contribution in [-0.2, 0) is 0 Å². The highest BCUT2D eigenvalue weighted by atomic mass is 32.2. The van der Waals surface area contributed by atoms with Crippen LogP contribution in [0.1, 0.15) is 0 Å². The highest BCUT2D eigenvalue weighted by Gasteiger charge is 2.26. The quantitative estimate of drug-likeness (QED) is 0.183. The summed E-state index contributed by atoms with van der Waals surface area (Å²) in [4.78, 5) is 13.1. The topological polar surface area (TPSA) is 30.7 Å². The van der Waals surface area contributed by atoms with Crippen molar-refractivity contribution in [2.45, 2.75) is 9.79 Å². The Morgan fingerprint density at radius 1 is 0.491 bits per heavy atom. The summed E-state index contributed by atoms with van der Waals surface area (Å²) in [6, 6.07) is 59.3. The van der Waals surface area contributed by atoms with E-state index in [2.05, 4.69) is 168 Å². The van der Waals surface area contributed by atoms with Gasteiger partial charge in [-0.05, 0) is 64.4 Å². The molecule has 3 nitrogen and oxygen atoms in total. The average molecular weight is 710 g/mol. The third-order valence-electron chi connectivity index (χ3n) is 10.8. The Bertz CT molecular complexity index is 3320. The SMILES string of the molecule is c1ccc(-c2nc(-c3cccc4c3Sc3ccc(-n5c6ccccc6c6cc7ccccc7cc65)c5cccc-4c35)nc3c2sc2ccccc23)cc1. The molecule has 4 heterocycles.